The van der Waals surface area contributed by atoms with Crippen LogP contribution < -0.4 is 0 Å². The molecule has 0 aliphatic rings. The minimum Gasteiger partial charge on any atom is -0.481 e. The summed E-state index contributed by atoms with van der Waals surface area (Å²) in [5.74, 6) is -1.49. The summed E-state index contributed by atoms with van der Waals surface area (Å²) in [5.41, 5.74) is 0.625. The van der Waals surface area contributed by atoms with E-state index in [-0.39, 0.29) is 12.0 Å². The molecule has 7 heteroatoms. The van der Waals surface area contributed by atoms with E-state index in [1.54, 1.807) is 13.0 Å². The van der Waals surface area contributed by atoms with Gasteiger partial charge in [-0.3, -0.25) is 4.79 Å². The largest absolute Gasteiger partial charge is 0.481 e. The Morgan fingerprint density at radius 2 is 2.35 bits per heavy atom. The van der Waals surface area contributed by atoms with Crippen LogP contribution in [0.1, 0.15) is 16.1 Å². The molecule has 1 aromatic carbocycles. The lowest BCUT2D eigenvalue weighted by atomic mass is 10.2. The molecule has 1 N–H and O–H groups in total. The number of carboxylic acids is 1. The van der Waals surface area contributed by atoms with Crippen LogP contribution in [0.2, 0.25) is 0 Å². The van der Waals surface area contributed by atoms with Crippen molar-refractivity contribution in [2.24, 2.45) is 0 Å². The maximum atomic E-state index is 13.5. The molecule has 0 fully saturated rings. The van der Waals surface area contributed by atoms with Crippen LogP contribution in [0.4, 0.5) is 4.39 Å². The number of hydrogen-bond donors (Lipinski definition) is 1. The molecular formula is C13H9FN2O2S2. The number of hydrogen-bond acceptors (Lipinski definition) is 5. The minimum atomic E-state index is -0.920. The fourth-order valence-corrected chi connectivity index (χ4v) is 3.82. The number of halogens is 1. The van der Waals surface area contributed by atoms with Gasteiger partial charge in [0.15, 0.2) is 4.34 Å². The molecule has 0 aliphatic carbocycles. The van der Waals surface area contributed by atoms with Gasteiger partial charge in [0.1, 0.15) is 17.4 Å². The van der Waals surface area contributed by atoms with E-state index < -0.39 is 11.8 Å². The van der Waals surface area contributed by atoms with Gasteiger partial charge in [0.25, 0.3) is 0 Å². The maximum absolute atomic E-state index is 13.5. The van der Waals surface area contributed by atoms with Crippen LogP contribution in [0, 0.1) is 24.1 Å². The second-order valence-electron chi connectivity index (χ2n) is 3.89. The maximum Gasteiger partial charge on any atom is 0.308 e. The first-order valence-electron chi connectivity index (χ1n) is 5.56. The molecule has 0 amide bonds. The summed E-state index contributed by atoms with van der Waals surface area (Å²) in [6.07, 6.45) is -0.0850. The number of thiazole rings is 1. The predicted octanol–water partition coefficient (Wildman–Crippen LogP) is 3.24. The van der Waals surface area contributed by atoms with Gasteiger partial charge in [0.2, 0.25) is 0 Å². The Morgan fingerprint density at radius 3 is 3.00 bits per heavy atom. The molecule has 0 bridgehead atoms. The predicted molar refractivity (Wildman–Crippen MR) is 73.4 cm³/mol. The highest BCUT2D eigenvalue weighted by molar-refractivity contribution is 8.01. The van der Waals surface area contributed by atoms with E-state index in [1.165, 1.54) is 35.2 Å². The summed E-state index contributed by atoms with van der Waals surface area (Å²) in [5, 5.41) is 17.7. The van der Waals surface area contributed by atoms with Crippen LogP contribution in [0.5, 0.6) is 0 Å². The molecule has 20 heavy (non-hydrogen) atoms. The number of carbonyl (C=O) groups is 1. The van der Waals surface area contributed by atoms with Gasteiger partial charge in [-0.05, 0) is 19.1 Å². The zero-order valence-corrected chi connectivity index (χ0v) is 12.0. The van der Waals surface area contributed by atoms with Crippen molar-refractivity contribution < 1.29 is 14.3 Å². The number of aliphatic carboxylic acids is 1. The minimum absolute atomic E-state index is 0.0230. The summed E-state index contributed by atoms with van der Waals surface area (Å²) in [7, 11) is 0. The van der Waals surface area contributed by atoms with Gasteiger partial charge in [-0.15, -0.1) is 11.3 Å². The lowest BCUT2D eigenvalue weighted by Crippen LogP contribution is -1.99. The highest BCUT2D eigenvalue weighted by Gasteiger charge is 2.14. The van der Waals surface area contributed by atoms with Crippen LogP contribution in [-0.4, -0.2) is 16.1 Å². The van der Waals surface area contributed by atoms with Crippen molar-refractivity contribution in [3.05, 3.63) is 40.2 Å². The zero-order chi connectivity index (χ0) is 14.7. The lowest BCUT2D eigenvalue weighted by molar-refractivity contribution is -0.136. The molecule has 0 unspecified atom stereocenters. The quantitative estimate of drug-likeness (QED) is 0.938. The first-order chi connectivity index (χ1) is 9.51. The van der Waals surface area contributed by atoms with Crippen LogP contribution in [0.15, 0.2) is 27.4 Å². The number of nitrogens with zero attached hydrogens (tertiary/aromatic N) is 2. The van der Waals surface area contributed by atoms with E-state index in [0.29, 0.717) is 19.8 Å². The average molecular weight is 308 g/mol. The number of carboxylic acid groups (broad SMARTS) is 1. The van der Waals surface area contributed by atoms with Crippen molar-refractivity contribution in [3.8, 4) is 6.07 Å². The van der Waals surface area contributed by atoms with Gasteiger partial charge in [-0.25, -0.2) is 9.37 Å². The molecule has 0 saturated heterocycles. The number of nitriles is 1. The Balaban J connectivity index is 2.30. The monoisotopic (exact) mass is 308 g/mol. The normalized spacial score (nSPS) is 10.2. The summed E-state index contributed by atoms with van der Waals surface area (Å²) in [6, 6.07) is 6.22. The molecule has 2 rings (SSSR count). The third kappa shape index (κ3) is 3.15. The highest BCUT2D eigenvalue weighted by atomic mass is 32.2. The summed E-state index contributed by atoms with van der Waals surface area (Å²) in [6.45, 7) is 1.73. The van der Waals surface area contributed by atoms with Crippen molar-refractivity contribution in [1.29, 1.82) is 5.26 Å². The molecule has 0 aliphatic heterocycles. The van der Waals surface area contributed by atoms with E-state index in [2.05, 4.69) is 4.98 Å². The molecule has 1 aromatic heterocycles. The number of aryl methyl sites for hydroxylation is 1. The van der Waals surface area contributed by atoms with Crippen LogP contribution in [0.25, 0.3) is 0 Å². The number of benzene rings is 1. The number of rotatable bonds is 4. The van der Waals surface area contributed by atoms with Gasteiger partial charge >= 0.3 is 5.97 Å². The van der Waals surface area contributed by atoms with E-state index in [4.69, 9.17) is 10.4 Å². The Labute approximate surface area is 122 Å². The highest BCUT2D eigenvalue weighted by Crippen LogP contribution is 2.35. The molecule has 2 aromatic rings. The van der Waals surface area contributed by atoms with E-state index >= 15 is 0 Å². The Bertz CT molecular complexity index is 707. The van der Waals surface area contributed by atoms with Gasteiger partial charge in [0, 0.05) is 9.77 Å². The van der Waals surface area contributed by atoms with Crippen molar-refractivity contribution in [2.45, 2.75) is 22.6 Å². The Hall–Kier alpha value is -1.91. The molecule has 1 heterocycles. The molecule has 4 nitrogen and oxygen atoms in total. The second kappa shape index (κ2) is 6.03. The first kappa shape index (κ1) is 14.5. The van der Waals surface area contributed by atoms with Crippen molar-refractivity contribution in [2.75, 3.05) is 0 Å². The van der Waals surface area contributed by atoms with Crippen molar-refractivity contribution in [3.63, 3.8) is 0 Å². The Kier molecular flexibility index (Phi) is 4.37. The molecule has 102 valence electrons. The molecule has 0 saturated carbocycles. The fraction of sp³-hybridized carbons (Fsp3) is 0.154. The SMILES string of the molecule is Cc1nc(Sc2cccc(F)c2C#N)sc1CC(=O)O. The van der Waals surface area contributed by atoms with Gasteiger partial charge in [-0.2, -0.15) is 5.26 Å². The van der Waals surface area contributed by atoms with Gasteiger partial charge < -0.3 is 5.11 Å². The topological polar surface area (TPSA) is 74.0 Å². The summed E-state index contributed by atoms with van der Waals surface area (Å²) < 4.78 is 14.1. The van der Waals surface area contributed by atoms with Crippen LogP contribution in [-0.2, 0) is 11.2 Å². The van der Waals surface area contributed by atoms with Gasteiger partial charge in [0.05, 0.1) is 12.1 Å². The second-order valence-corrected chi connectivity index (χ2v) is 6.26. The van der Waals surface area contributed by atoms with Crippen molar-refractivity contribution >= 4 is 29.1 Å². The van der Waals surface area contributed by atoms with E-state index in [0.717, 1.165) is 0 Å². The molecule has 0 atom stereocenters. The smallest absolute Gasteiger partial charge is 0.308 e. The standard InChI is InChI=1S/C13H9FN2O2S2/c1-7-11(5-12(17)18)20-13(16-7)19-10-4-2-3-9(14)8(10)6-15/h2-4H,5H2,1H3,(H,17,18). The zero-order valence-electron chi connectivity index (χ0n) is 10.4. The third-order valence-electron chi connectivity index (χ3n) is 2.47. The Morgan fingerprint density at radius 1 is 1.60 bits per heavy atom. The van der Waals surface area contributed by atoms with Gasteiger partial charge in [-0.1, -0.05) is 17.8 Å². The van der Waals surface area contributed by atoms with E-state index in [9.17, 15) is 9.18 Å². The molecule has 0 spiro atoms. The lowest BCUT2D eigenvalue weighted by Gasteiger charge is -2.01. The summed E-state index contributed by atoms with van der Waals surface area (Å²) in [4.78, 5) is 16.1. The van der Waals surface area contributed by atoms with Crippen LogP contribution in [0.3, 0.4) is 0 Å². The average Bonchev–Trinajstić information content (AvgIpc) is 2.69. The van der Waals surface area contributed by atoms with Crippen LogP contribution >= 0.6 is 23.1 Å². The third-order valence-corrected chi connectivity index (χ3v) is 4.75. The molecular weight excluding hydrogens is 299 g/mol. The summed E-state index contributed by atoms with van der Waals surface area (Å²) >= 11 is 2.41. The van der Waals surface area contributed by atoms with E-state index in [1.807, 2.05) is 6.07 Å². The first-order valence-corrected chi connectivity index (χ1v) is 7.19. The molecule has 0 radical (unpaired) electrons. The number of aromatic nitrogens is 1. The van der Waals surface area contributed by atoms with Crippen molar-refractivity contribution in [1.82, 2.24) is 4.98 Å². The fourth-order valence-electron chi connectivity index (χ4n) is 1.54.